The molecule has 142 valence electrons. The fourth-order valence-electron chi connectivity index (χ4n) is 2.16. The monoisotopic (exact) mass is 361 g/mol. The van der Waals surface area contributed by atoms with Gasteiger partial charge in [-0.2, -0.15) is 13.2 Å². The molecular weight excluding hydrogens is 335 g/mol. The lowest BCUT2D eigenvalue weighted by Crippen LogP contribution is -2.19. The van der Waals surface area contributed by atoms with Crippen molar-refractivity contribution in [3.8, 4) is 0 Å². The van der Waals surface area contributed by atoms with Crippen LogP contribution in [0.5, 0.6) is 0 Å². The summed E-state index contributed by atoms with van der Waals surface area (Å²) in [5, 5.41) is 2.74. The molecule has 0 spiro atoms. The first kappa shape index (κ1) is 21.3. The van der Waals surface area contributed by atoms with Crippen molar-refractivity contribution in [3.63, 3.8) is 0 Å². The van der Waals surface area contributed by atoms with Gasteiger partial charge in [0, 0.05) is 25.5 Å². The summed E-state index contributed by atoms with van der Waals surface area (Å²) < 4.78 is 49.7. The van der Waals surface area contributed by atoms with E-state index in [9.17, 15) is 13.2 Å². The van der Waals surface area contributed by atoms with Crippen LogP contribution in [0.4, 0.5) is 18.9 Å². The molecule has 0 aliphatic carbocycles. The Balaban J connectivity index is 2.68. The summed E-state index contributed by atoms with van der Waals surface area (Å²) in [5.41, 5.74) is 11.0. The lowest BCUT2D eigenvalue weighted by atomic mass is 10.1. The van der Waals surface area contributed by atoms with Gasteiger partial charge < -0.3 is 26.3 Å². The summed E-state index contributed by atoms with van der Waals surface area (Å²) >= 11 is 0. The van der Waals surface area contributed by atoms with Crippen LogP contribution in [0.25, 0.3) is 0 Å². The van der Waals surface area contributed by atoms with Crippen molar-refractivity contribution in [2.45, 2.75) is 45.2 Å². The Bertz CT molecular complexity index is 563. The number of nitrogens with two attached hydrogens (primary N) is 2. The lowest BCUT2D eigenvalue weighted by Gasteiger charge is -2.16. The summed E-state index contributed by atoms with van der Waals surface area (Å²) in [4.78, 5) is 0. The number of methoxy groups -OCH3 is 1. The molecule has 1 rings (SSSR count). The average Bonchev–Trinajstić information content (AvgIpc) is 2.59. The van der Waals surface area contributed by atoms with Gasteiger partial charge in [0.2, 0.25) is 0 Å². The zero-order valence-electron chi connectivity index (χ0n) is 14.5. The van der Waals surface area contributed by atoms with Crippen molar-refractivity contribution >= 4 is 5.69 Å². The van der Waals surface area contributed by atoms with Crippen molar-refractivity contribution in [1.29, 1.82) is 0 Å². The third kappa shape index (κ3) is 7.33. The summed E-state index contributed by atoms with van der Waals surface area (Å²) in [6.07, 6.45) is -0.666. The fourth-order valence-corrected chi connectivity index (χ4v) is 2.16. The van der Waals surface area contributed by atoms with Gasteiger partial charge in [-0.3, -0.25) is 0 Å². The molecule has 1 unspecified atom stereocenters. The molecule has 0 aliphatic rings. The number of alkyl halides is 3. The molecule has 0 heterocycles. The molecule has 0 saturated heterocycles. The van der Waals surface area contributed by atoms with Crippen LogP contribution in [-0.2, 0) is 22.2 Å². The summed E-state index contributed by atoms with van der Waals surface area (Å²) in [6, 6.07) is 3.87. The molecule has 0 fully saturated rings. The molecule has 0 amide bonds. The predicted molar refractivity (Wildman–Crippen MR) is 91.5 cm³/mol. The minimum Gasteiger partial charge on any atom is -0.399 e. The molecular formula is C17H26F3N3O2. The number of hydrogen-bond donors (Lipinski definition) is 3. The van der Waals surface area contributed by atoms with Crippen molar-refractivity contribution in [2.24, 2.45) is 11.5 Å². The van der Waals surface area contributed by atoms with Gasteiger partial charge in [-0.25, -0.2) is 0 Å². The van der Waals surface area contributed by atoms with E-state index in [0.717, 1.165) is 25.3 Å². The molecule has 0 radical (unpaired) electrons. The first-order chi connectivity index (χ1) is 11.8. The highest BCUT2D eigenvalue weighted by Gasteiger charge is 2.33. The van der Waals surface area contributed by atoms with Crippen LogP contribution in [0, 0.1) is 0 Å². The average molecular weight is 361 g/mol. The van der Waals surface area contributed by atoms with E-state index < -0.39 is 11.7 Å². The van der Waals surface area contributed by atoms with Crippen LogP contribution in [0.2, 0.25) is 0 Å². The van der Waals surface area contributed by atoms with E-state index in [1.54, 1.807) is 7.11 Å². The van der Waals surface area contributed by atoms with Crippen LogP contribution in [0.3, 0.4) is 0 Å². The van der Waals surface area contributed by atoms with Crippen LogP contribution in [0.1, 0.15) is 37.3 Å². The van der Waals surface area contributed by atoms with E-state index in [1.807, 2.05) is 0 Å². The van der Waals surface area contributed by atoms with E-state index >= 15 is 0 Å². The summed E-state index contributed by atoms with van der Waals surface area (Å²) in [7, 11) is 1.55. The molecule has 0 aromatic heterocycles. The first-order valence-electron chi connectivity index (χ1n) is 8.07. The van der Waals surface area contributed by atoms with Gasteiger partial charge in [-0.1, -0.05) is 19.4 Å². The van der Waals surface area contributed by atoms with Crippen LogP contribution < -0.4 is 16.8 Å². The molecule has 1 atom stereocenters. The Hall–Kier alpha value is -1.77. The number of halogens is 3. The molecule has 0 bridgehead atoms. The standard InChI is InChI=1S/C17H26F3N3O2/c1-3-4-5-16(24-2)25-11-13(22)10-23-14-7-6-12(9-21)15(8-14)17(18,19)20/h6-8,10,16,23H,3-5,9,11,21-22H2,1-2H3/b13-10-. The highest BCUT2D eigenvalue weighted by molar-refractivity contribution is 5.51. The first-order valence-corrected chi connectivity index (χ1v) is 8.07. The van der Waals surface area contributed by atoms with Gasteiger partial charge in [0.25, 0.3) is 0 Å². The molecule has 8 heteroatoms. The van der Waals surface area contributed by atoms with E-state index in [2.05, 4.69) is 12.2 Å². The maximum atomic E-state index is 13.0. The van der Waals surface area contributed by atoms with Crippen molar-refractivity contribution in [1.82, 2.24) is 0 Å². The zero-order valence-corrected chi connectivity index (χ0v) is 14.5. The number of ether oxygens (including phenoxy) is 2. The third-order valence-electron chi connectivity index (χ3n) is 3.55. The van der Waals surface area contributed by atoms with E-state index in [4.69, 9.17) is 20.9 Å². The largest absolute Gasteiger partial charge is 0.416 e. The second kappa shape index (κ2) is 10.3. The Kier molecular flexibility index (Phi) is 8.74. The third-order valence-corrected chi connectivity index (χ3v) is 3.55. The van der Waals surface area contributed by atoms with Crippen LogP contribution in [-0.4, -0.2) is 20.0 Å². The SMILES string of the molecule is CCCCC(OC)OC/C(N)=C/Nc1ccc(CN)c(C(F)(F)F)c1. The smallest absolute Gasteiger partial charge is 0.399 e. The van der Waals surface area contributed by atoms with Crippen LogP contribution in [0.15, 0.2) is 30.1 Å². The maximum Gasteiger partial charge on any atom is 0.416 e. The van der Waals surface area contributed by atoms with Gasteiger partial charge in [0.05, 0.1) is 17.9 Å². The highest BCUT2D eigenvalue weighted by Crippen LogP contribution is 2.33. The number of rotatable bonds is 10. The van der Waals surface area contributed by atoms with E-state index in [1.165, 1.54) is 18.3 Å². The quantitative estimate of drug-likeness (QED) is 0.555. The van der Waals surface area contributed by atoms with Gasteiger partial charge in [-0.05, 0) is 30.5 Å². The minimum atomic E-state index is -4.46. The minimum absolute atomic E-state index is 0.0391. The lowest BCUT2D eigenvalue weighted by molar-refractivity contribution is -0.138. The van der Waals surface area contributed by atoms with Gasteiger partial charge in [0.15, 0.2) is 6.29 Å². The molecule has 25 heavy (non-hydrogen) atoms. The molecule has 0 saturated carbocycles. The number of nitrogens with one attached hydrogen (secondary N) is 1. The van der Waals surface area contributed by atoms with Crippen molar-refractivity contribution in [3.05, 3.63) is 41.2 Å². The number of benzene rings is 1. The van der Waals surface area contributed by atoms with Gasteiger partial charge in [-0.15, -0.1) is 0 Å². The Morgan fingerprint density at radius 3 is 2.64 bits per heavy atom. The second-order valence-corrected chi connectivity index (χ2v) is 5.56. The number of unbranched alkanes of at least 4 members (excludes halogenated alkanes) is 1. The predicted octanol–water partition coefficient (Wildman–Crippen LogP) is 3.56. The van der Waals surface area contributed by atoms with E-state index in [0.29, 0.717) is 5.70 Å². The van der Waals surface area contributed by atoms with Crippen molar-refractivity contribution in [2.75, 3.05) is 19.0 Å². The highest BCUT2D eigenvalue weighted by atomic mass is 19.4. The van der Waals surface area contributed by atoms with Gasteiger partial charge in [0.1, 0.15) is 0 Å². The number of hydrogen-bond acceptors (Lipinski definition) is 5. The fraction of sp³-hybridized carbons (Fsp3) is 0.529. The topological polar surface area (TPSA) is 82.5 Å². The molecule has 5 nitrogen and oxygen atoms in total. The number of anilines is 1. The summed E-state index contributed by atoms with van der Waals surface area (Å²) in [5.74, 6) is 0. The Morgan fingerprint density at radius 1 is 1.36 bits per heavy atom. The molecule has 1 aromatic rings. The Morgan fingerprint density at radius 2 is 2.08 bits per heavy atom. The maximum absolute atomic E-state index is 13.0. The summed E-state index contributed by atoms with van der Waals surface area (Å²) in [6.45, 7) is 2.00. The Labute approximate surface area is 146 Å². The molecule has 1 aromatic carbocycles. The normalized spacial score (nSPS) is 13.8. The molecule has 5 N–H and O–H groups in total. The zero-order chi connectivity index (χ0) is 18.9. The van der Waals surface area contributed by atoms with E-state index in [-0.39, 0.29) is 30.7 Å². The second-order valence-electron chi connectivity index (χ2n) is 5.56. The van der Waals surface area contributed by atoms with Gasteiger partial charge >= 0.3 is 6.18 Å². The van der Waals surface area contributed by atoms with Crippen LogP contribution >= 0.6 is 0 Å². The molecule has 0 aliphatic heterocycles. The van der Waals surface area contributed by atoms with Crippen molar-refractivity contribution < 1.29 is 22.6 Å².